The fourth-order valence-corrected chi connectivity index (χ4v) is 3.99. The van der Waals surface area contributed by atoms with E-state index in [0.29, 0.717) is 5.16 Å². The largest absolute Gasteiger partial charge is 0.464 e. The van der Waals surface area contributed by atoms with Gasteiger partial charge in [-0.1, -0.05) is 11.8 Å². The standard InChI is InChI=1S/C15H22N5O9PS/c1-3-27-13(23)14(30(24,25)26)28-4-6-8(21)9(22)12(29-6)20-5-17-7-10(16)18-15(31-2)19-11(7)20/h5-6,8-9,12,14,21-22H,3-4H2,1-2H3,(H2,16,18,19)(H2,24,25,26)/t6-,8-,9-,12-,14?/m1/s1. The van der Waals surface area contributed by atoms with Gasteiger partial charge in [0.15, 0.2) is 22.8 Å². The highest BCUT2D eigenvalue weighted by Crippen LogP contribution is 2.43. The first-order valence-corrected chi connectivity index (χ1v) is 11.9. The van der Waals surface area contributed by atoms with Gasteiger partial charge in [0.25, 0.3) is 5.85 Å². The lowest BCUT2D eigenvalue weighted by Crippen LogP contribution is -2.36. The molecule has 3 rings (SSSR count). The summed E-state index contributed by atoms with van der Waals surface area (Å²) in [6.07, 6.45) is -2.28. The minimum atomic E-state index is -5.01. The van der Waals surface area contributed by atoms with Gasteiger partial charge in [0.05, 0.1) is 19.5 Å². The lowest BCUT2D eigenvalue weighted by Gasteiger charge is -2.20. The second kappa shape index (κ2) is 9.34. The maximum Gasteiger partial charge on any atom is 0.365 e. The van der Waals surface area contributed by atoms with Crippen molar-refractivity contribution in [1.82, 2.24) is 19.5 Å². The topological polar surface area (TPSA) is 212 Å². The van der Waals surface area contributed by atoms with E-state index in [1.807, 2.05) is 0 Å². The van der Waals surface area contributed by atoms with Crippen LogP contribution in [0.1, 0.15) is 13.2 Å². The molecule has 5 atom stereocenters. The zero-order chi connectivity index (χ0) is 22.9. The van der Waals surface area contributed by atoms with E-state index in [-0.39, 0.29) is 23.6 Å². The van der Waals surface area contributed by atoms with E-state index in [1.165, 1.54) is 29.6 Å². The quantitative estimate of drug-likeness (QED) is 0.131. The molecule has 0 aromatic carbocycles. The van der Waals surface area contributed by atoms with E-state index in [4.69, 9.17) is 15.2 Å². The van der Waals surface area contributed by atoms with E-state index >= 15 is 0 Å². The molecule has 2 aromatic rings. The SMILES string of the molecule is CCOC(=O)C(OC[C@H]1O[C@@H](n2cnc3c(N)nc(SC)nc32)[C@H](O)[C@@H]1O)P(=O)(O)O. The minimum absolute atomic E-state index is 0.112. The highest BCUT2D eigenvalue weighted by Gasteiger charge is 2.46. The first-order chi connectivity index (χ1) is 14.6. The van der Waals surface area contributed by atoms with E-state index in [0.717, 1.165) is 0 Å². The first-order valence-electron chi connectivity index (χ1n) is 8.97. The lowest BCUT2D eigenvalue weighted by atomic mass is 10.1. The van der Waals surface area contributed by atoms with Crippen molar-refractivity contribution in [2.45, 2.75) is 42.5 Å². The van der Waals surface area contributed by atoms with Crippen LogP contribution in [0, 0.1) is 0 Å². The van der Waals surface area contributed by atoms with Crippen molar-refractivity contribution in [3.63, 3.8) is 0 Å². The number of ether oxygens (including phenoxy) is 3. The Balaban J connectivity index is 1.80. The molecule has 1 saturated heterocycles. The zero-order valence-corrected chi connectivity index (χ0v) is 18.1. The summed E-state index contributed by atoms with van der Waals surface area (Å²) in [5, 5.41) is 21.2. The average Bonchev–Trinajstić information content (AvgIpc) is 3.23. The summed E-state index contributed by atoms with van der Waals surface area (Å²) in [4.78, 5) is 43.0. The number of aliphatic hydroxyl groups excluding tert-OH is 2. The fourth-order valence-electron chi connectivity index (χ4n) is 2.99. The van der Waals surface area contributed by atoms with Crippen LogP contribution in [-0.2, 0) is 23.6 Å². The number of aromatic nitrogens is 4. The van der Waals surface area contributed by atoms with Crippen LogP contribution in [0.3, 0.4) is 0 Å². The van der Waals surface area contributed by atoms with E-state index in [9.17, 15) is 29.4 Å². The average molecular weight is 479 g/mol. The third-order valence-electron chi connectivity index (χ3n) is 4.43. The molecule has 0 bridgehead atoms. The van der Waals surface area contributed by atoms with Gasteiger partial charge in [-0.25, -0.2) is 19.7 Å². The summed E-state index contributed by atoms with van der Waals surface area (Å²) in [6.45, 7) is 0.746. The second-order valence-corrected chi connectivity index (χ2v) is 8.91. The first kappa shape index (κ1) is 23.8. The number of aliphatic hydroxyl groups is 2. The molecule has 0 amide bonds. The number of thioether (sulfide) groups is 1. The summed E-state index contributed by atoms with van der Waals surface area (Å²) in [5.41, 5.74) is 6.41. The van der Waals surface area contributed by atoms with Gasteiger partial charge in [0, 0.05) is 0 Å². The maximum atomic E-state index is 11.8. The monoisotopic (exact) mass is 479 g/mol. The summed E-state index contributed by atoms with van der Waals surface area (Å²) < 4.78 is 28.2. The van der Waals surface area contributed by atoms with Gasteiger partial charge in [-0.15, -0.1) is 0 Å². The van der Waals surface area contributed by atoms with Crippen molar-refractivity contribution >= 4 is 42.3 Å². The molecule has 0 spiro atoms. The van der Waals surface area contributed by atoms with Gasteiger partial charge in [0.1, 0.15) is 23.8 Å². The number of nitrogens with zero attached hydrogens (tertiary/aromatic N) is 4. The Bertz CT molecular complexity index is 1000. The predicted octanol–water partition coefficient (Wildman–Crippen LogP) is -1.17. The number of rotatable bonds is 8. The molecular weight excluding hydrogens is 457 g/mol. The highest BCUT2D eigenvalue weighted by atomic mass is 32.2. The van der Waals surface area contributed by atoms with E-state index in [2.05, 4.69) is 19.7 Å². The number of anilines is 1. The van der Waals surface area contributed by atoms with Crippen molar-refractivity contribution < 1.29 is 43.6 Å². The molecule has 2 aromatic heterocycles. The van der Waals surface area contributed by atoms with Gasteiger partial charge >= 0.3 is 13.6 Å². The fraction of sp³-hybridized carbons (Fsp3) is 0.600. The Morgan fingerprint density at radius 2 is 2.10 bits per heavy atom. The molecule has 6 N–H and O–H groups in total. The second-order valence-electron chi connectivity index (χ2n) is 6.49. The van der Waals surface area contributed by atoms with Crippen molar-refractivity contribution in [2.24, 2.45) is 0 Å². The molecule has 1 aliphatic heterocycles. The van der Waals surface area contributed by atoms with Crippen LogP contribution in [0.15, 0.2) is 11.5 Å². The number of fused-ring (bicyclic) bond motifs is 1. The normalized spacial score (nSPS) is 25.1. The molecule has 16 heteroatoms. The van der Waals surface area contributed by atoms with Crippen molar-refractivity contribution in [2.75, 3.05) is 25.2 Å². The summed E-state index contributed by atoms with van der Waals surface area (Å²) in [5.74, 6) is -3.32. The molecule has 31 heavy (non-hydrogen) atoms. The molecular formula is C15H22N5O9PS. The molecule has 3 heterocycles. The van der Waals surface area contributed by atoms with Crippen LogP contribution in [0.25, 0.3) is 11.2 Å². The molecule has 1 unspecified atom stereocenters. The van der Waals surface area contributed by atoms with Crippen LogP contribution in [-0.4, -0.2) is 89.1 Å². The van der Waals surface area contributed by atoms with Crippen LogP contribution < -0.4 is 5.73 Å². The summed E-state index contributed by atoms with van der Waals surface area (Å²) in [7, 11) is -5.01. The summed E-state index contributed by atoms with van der Waals surface area (Å²) >= 11 is 1.24. The molecule has 0 saturated carbocycles. The Hall–Kier alpha value is -1.84. The van der Waals surface area contributed by atoms with Crippen LogP contribution in [0.5, 0.6) is 0 Å². The Labute approximate surface area is 179 Å². The molecule has 1 fully saturated rings. The lowest BCUT2D eigenvalue weighted by molar-refractivity contribution is -0.155. The Kier molecular flexibility index (Phi) is 7.18. The number of hydrogen-bond donors (Lipinski definition) is 5. The highest BCUT2D eigenvalue weighted by molar-refractivity contribution is 7.98. The van der Waals surface area contributed by atoms with Gasteiger partial charge in [-0.3, -0.25) is 9.13 Å². The zero-order valence-electron chi connectivity index (χ0n) is 16.4. The number of nitrogens with two attached hydrogens (primary N) is 1. The number of nitrogen functional groups attached to an aromatic ring is 1. The number of carbonyl (C=O) groups is 1. The van der Waals surface area contributed by atoms with Gasteiger partial charge in [-0.2, -0.15) is 0 Å². The van der Waals surface area contributed by atoms with Crippen LogP contribution in [0.4, 0.5) is 5.82 Å². The third kappa shape index (κ3) is 4.83. The van der Waals surface area contributed by atoms with Gasteiger partial charge in [0.2, 0.25) is 0 Å². The molecule has 0 radical (unpaired) electrons. The third-order valence-corrected chi connectivity index (χ3v) is 5.95. The number of imidazole rings is 1. The van der Waals surface area contributed by atoms with Crippen LogP contribution >= 0.6 is 19.4 Å². The molecule has 1 aliphatic rings. The Morgan fingerprint density at radius 3 is 2.71 bits per heavy atom. The smallest absolute Gasteiger partial charge is 0.365 e. The number of hydrogen-bond acceptors (Lipinski definition) is 12. The maximum absolute atomic E-state index is 11.8. The predicted molar refractivity (Wildman–Crippen MR) is 106 cm³/mol. The number of carbonyl (C=O) groups excluding carboxylic acids is 1. The number of esters is 1. The van der Waals surface area contributed by atoms with E-state index in [1.54, 1.807) is 6.26 Å². The summed E-state index contributed by atoms with van der Waals surface area (Å²) in [6, 6.07) is 0. The Morgan fingerprint density at radius 1 is 1.39 bits per heavy atom. The van der Waals surface area contributed by atoms with Crippen molar-refractivity contribution in [3.8, 4) is 0 Å². The minimum Gasteiger partial charge on any atom is -0.464 e. The van der Waals surface area contributed by atoms with E-state index < -0.39 is 50.6 Å². The van der Waals surface area contributed by atoms with Gasteiger partial charge < -0.3 is 39.9 Å². The molecule has 14 nitrogen and oxygen atoms in total. The van der Waals surface area contributed by atoms with Gasteiger partial charge in [-0.05, 0) is 13.2 Å². The molecule has 0 aliphatic carbocycles. The molecule has 172 valence electrons. The van der Waals surface area contributed by atoms with Crippen molar-refractivity contribution in [3.05, 3.63) is 6.33 Å². The van der Waals surface area contributed by atoms with Crippen LogP contribution in [0.2, 0.25) is 0 Å². The van der Waals surface area contributed by atoms with Crippen molar-refractivity contribution in [1.29, 1.82) is 0 Å².